The van der Waals surface area contributed by atoms with Gasteiger partial charge in [0.05, 0.1) is 12.2 Å². The summed E-state index contributed by atoms with van der Waals surface area (Å²) in [5, 5.41) is 0. The molecule has 0 aliphatic heterocycles. The molecule has 2 aromatic carbocycles. The lowest BCUT2D eigenvalue weighted by Crippen LogP contribution is -2.14. The summed E-state index contributed by atoms with van der Waals surface area (Å²) in [5.74, 6) is 2.64. The number of nitrogens with two attached hydrogens (primary N) is 2. The topological polar surface area (TPSA) is 108 Å². The van der Waals surface area contributed by atoms with Gasteiger partial charge >= 0.3 is 0 Å². The lowest BCUT2D eigenvalue weighted by atomic mass is 10.1. The van der Waals surface area contributed by atoms with Crippen LogP contribution in [-0.4, -0.2) is 50.2 Å². The van der Waals surface area contributed by atoms with Gasteiger partial charge in [0.2, 0.25) is 0 Å². The molecule has 198 valence electrons. The van der Waals surface area contributed by atoms with Crippen LogP contribution in [-0.2, 0) is 9.47 Å². The predicted molar refractivity (Wildman–Crippen MR) is 152 cm³/mol. The second-order valence-corrected chi connectivity index (χ2v) is 9.40. The Morgan fingerprint density at radius 3 is 1.38 bits per heavy atom. The number of amidine groups is 2. The number of rotatable bonds is 14. The van der Waals surface area contributed by atoms with E-state index in [9.17, 15) is 0 Å². The molecule has 1 heterocycles. The average molecular weight is 505 g/mol. The minimum absolute atomic E-state index is 0.235. The molecule has 3 aromatic rings. The van der Waals surface area contributed by atoms with Gasteiger partial charge in [-0.05, 0) is 52.7 Å². The van der Waals surface area contributed by atoms with Crippen LogP contribution in [0.1, 0.15) is 51.7 Å². The monoisotopic (exact) mass is 504 g/mol. The normalized spacial score (nSPS) is 12.6. The first-order valence-corrected chi connectivity index (χ1v) is 13.0. The van der Waals surface area contributed by atoms with Gasteiger partial charge in [-0.2, -0.15) is 0 Å². The summed E-state index contributed by atoms with van der Waals surface area (Å²) in [6, 6.07) is 19.8. The van der Waals surface area contributed by atoms with Gasteiger partial charge in [-0.1, -0.05) is 48.5 Å². The molecule has 0 atom stereocenters. The highest BCUT2D eigenvalue weighted by atomic mass is 16.5. The van der Waals surface area contributed by atoms with E-state index in [1.807, 2.05) is 88.4 Å². The van der Waals surface area contributed by atoms with Crippen LogP contribution in [0.25, 0.3) is 22.6 Å². The van der Waals surface area contributed by atoms with Crippen LogP contribution in [0.3, 0.4) is 0 Å². The molecular weight excluding hydrogens is 464 g/mol. The molecule has 0 saturated heterocycles. The minimum Gasteiger partial charge on any atom is -0.456 e. The summed E-state index contributed by atoms with van der Waals surface area (Å²) >= 11 is 0. The molecule has 4 N–H and O–H groups in total. The Balaban J connectivity index is 1.56. The Morgan fingerprint density at radius 2 is 1.03 bits per heavy atom. The van der Waals surface area contributed by atoms with Gasteiger partial charge < -0.3 is 25.4 Å². The van der Waals surface area contributed by atoms with Gasteiger partial charge in [0.1, 0.15) is 23.2 Å². The molecule has 0 radical (unpaired) electrons. The number of aliphatic imine (C=N–C) groups is 2. The first kappa shape index (κ1) is 28.2. The zero-order valence-corrected chi connectivity index (χ0v) is 22.4. The molecule has 37 heavy (non-hydrogen) atoms. The molecule has 0 amide bonds. The molecule has 0 saturated carbocycles. The van der Waals surface area contributed by atoms with Crippen molar-refractivity contribution in [2.24, 2.45) is 21.5 Å². The van der Waals surface area contributed by atoms with Crippen LogP contribution < -0.4 is 11.5 Å². The molecule has 0 spiro atoms. The van der Waals surface area contributed by atoms with Crippen molar-refractivity contribution >= 4 is 11.7 Å². The SMILES string of the molecule is CC(C)OCCCN=C(N)c1ccc(-c2ccc(-c3ccc(C(N)=NCCCOC(C)C)cc3)o2)cc1. The first-order valence-electron chi connectivity index (χ1n) is 13.0. The van der Waals surface area contributed by atoms with E-state index in [1.165, 1.54) is 0 Å². The molecule has 7 nitrogen and oxygen atoms in total. The molecule has 0 bridgehead atoms. The number of hydrogen-bond acceptors (Lipinski definition) is 5. The number of furan rings is 1. The zero-order chi connectivity index (χ0) is 26.6. The second kappa shape index (κ2) is 14.4. The van der Waals surface area contributed by atoms with Gasteiger partial charge in [-0.25, -0.2) is 0 Å². The third kappa shape index (κ3) is 9.19. The fraction of sp³-hybridized carbons (Fsp3) is 0.400. The van der Waals surface area contributed by atoms with Crippen LogP contribution >= 0.6 is 0 Å². The number of benzene rings is 2. The highest BCUT2D eigenvalue weighted by Gasteiger charge is 2.09. The van der Waals surface area contributed by atoms with Gasteiger partial charge in [0.25, 0.3) is 0 Å². The molecular formula is C30H40N4O3. The lowest BCUT2D eigenvalue weighted by Gasteiger charge is -2.06. The third-order valence-electron chi connectivity index (χ3n) is 5.61. The van der Waals surface area contributed by atoms with E-state index in [0.717, 1.165) is 46.6 Å². The maximum atomic E-state index is 6.15. The first-order chi connectivity index (χ1) is 17.8. The van der Waals surface area contributed by atoms with Crippen LogP contribution in [0.15, 0.2) is 75.1 Å². The van der Waals surface area contributed by atoms with Crippen molar-refractivity contribution in [1.82, 2.24) is 0 Å². The van der Waals surface area contributed by atoms with Crippen molar-refractivity contribution < 1.29 is 13.9 Å². The highest BCUT2D eigenvalue weighted by Crippen LogP contribution is 2.29. The van der Waals surface area contributed by atoms with Crippen molar-refractivity contribution in [1.29, 1.82) is 0 Å². The lowest BCUT2D eigenvalue weighted by molar-refractivity contribution is 0.0780. The van der Waals surface area contributed by atoms with Crippen LogP contribution in [0.5, 0.6) is 0 Å². The largest absolute Gasteiger partial charge is 0.456 e. The van der Waals surface area contributed by atoms with Crippen molar-refractivity contribution in [3.63, 3.8) is 0 Å². The molecule has 1 aromatic heterocycles. The van der Waals surface area contributed by atoms with Gasteiger partial charge in [0.15, 0.2) is 0 Å². The van der Waals surface area contributed by atoms with E-state index >= 15 is 0 Å². The van der Waals surface area contributed by atoms with Gasteiger partial charge in [-0.15, -0.1) is 0 Å². The van der Waals surface area contributed by atoms with Crippen molar-refractivity contribution in [2.45, 2.75) is 52.7 Å². The van der Waals surface area contributed by atoms with E-state index in [0.29, 0.717) is 38.0 Å². The van der Waals surface area contributed by atoms with E-state index in [1.54, 1.807) is 0 Å². The standard InChI is InChI=1S/C30H40N4O3/c1-21(2)35-19-5-17-33-29(31)25-11-7-23(8-12-25)27-15-16-28(37-27)24-9-13-26(14-10-24)30(32)34-18-6-20-36-22(3)4/h7-16,21-22H,5-6,17-20H2,1-4H3,(H2,31,33)(H2,32,34). The Bertz CT molecular complexity index is 1060. The summed E-state index contributed by atoms with van der Waals surface area (Å²) in [5.41, 5.74) is 16.0. The number of ether oxygens (including phenoxy) is 2. The third-order valence-corrected chi connectivity index (χ3v) is 5.61. The van der Waals surface area contributed by atoms with E-state index in [-0.39, 0.29) is 12.2 Å². The molecule has 0 unspecified atom stereocenters. The highest BCUT2D eigenvalue weighted by molar-refractivity contribution is 5.98. The summed E-state index contributed by atoms with van der Waals surface area (Å²) < 4.78 is 17.2. The summed E-state index contributed by atoms with van der Waals surface area (Å²) in [4.78, 5) is 8.91. The van der Waals surface area contributed by atoms with Crippen LogP contribution in [0.4, 0.5) is 0 Å². The predicted octanol–water partition coefficient (Wildman–Crippen LogP) is 5.65. The van der Waals surface area contributed by atoms with E-state index in [2.05, 4.69) is 9.98 Å². The molecule has 0 aliphatic carbocycles. The molecule has 3 rings (SSSR count). The van der Waals surface area contributed by atoms with Crippen molar-refractivity contribution in [2.75, 3.05) is 26.3 Å². The molecule has 0 fully saturated rings. The summed E-state index contributed by atoms with van der Waals surface area (Å²) in [7, 11) is 0. The van der Waals surface area contributed by atoms with E-state index < -0.39 is 0 Å². The van der Waals surface area contributed by atoms with Gasteiger partial charge in [0, 0.05) is 48.6 Å². The average Bonchev–Trinajstić information content (AvgIpc) is 3.38. The zero-order valence-electron chi connectivity index (χ0n) is 22.4. The quantitative estimate of drug-likeness (QED) is 0.167. The van der Waals surface area contributed by atoms with E-state index in [4.69, 9.17) is 25.4 Å². The molecule has 0 aliphatic rings. The Hall–Kier alpha value is -3.42. The fourth-order valence-corrected chi connectivity index (χ4v) is 3.61. The van der Waals surface area contributed by atoms with Crippen molar-refractivity contribution in [3.8, 4) is 22.6 Å². The second-order valence-electron chi connectivity index (χ2n) is 9.40. The van der Waals surface area contributed by atoms with Gasteiger partial charge in [-0.3, -0.25) is 9.98 Å². The Kier molecular flexibility index (Phi) is 10.9. The molecule has 7 heteroatoms. The smallest absolute Gasteiger partial charge is 0.134 e. The Morgan fingerprint density at radius 1 is 0.649 bits per heavy atom. The maximum absolute atomic E-state index is 6.15. The number of hydrogen-bond donors (Lipinski definition) is 2. The summed E-state index contributed by atoms with van der Waals surface area (Å²) in [6.07, 6.45) is 2.17. The summed E-state index contributed by atoms with van der Waals surface area (Å²) in [6.45, 7) is 10.8. The fourth-order valence-electron chi connectivity index (χ4n) is 3.61. The maximum Gasteiger partial charge on any atom is 0.134 e. The minimum atomic E-state index is 0.235. The van der Waals surface area contributed by atoms with Crippen LogP contribution in [0.2, 0.25) is 0 Å². The number of nitrogens with zero attached hydrogens (tertiary/aromatic N) is 2. The van der Waals surface area contributed by atoms with Crippen molar-refractivity contribution in [3.05, 3.63) is 71.8 Å². The Labute approximate surface area is 220 Å². The van der Waals surface area contributed by atoms with Crippen LogP contribution in [0, 0.1) is 0 Å².